The van der Waals surface area contributed by atoms with Crippen LogP contribution in [0.25, 0.3) is 21.1 Å². The first kappa shape index (κ1) is 12.5. The Labute approximate surface area is 119 Å². The number of para-hydroxylation sites is 1. The van der Waals surface area contributed by atoms with E-state index in [9.17, 15) is 4.79 Å². The molecule has 3 rings (SSSR count). The minimum absolute atomic E-state index is 0.182. The molecule has 0 saturated carbocycles. The number of rotatable bonds is 2. The molecule has 2 heterocycles. The van der Waals surface area contributed by atoms with E-state index in [1.807, 2.05) is 30.3 Å². The molecule has 3 N–H and O–H groups in total. The summed E-state index contributed by atoms with van der Waals surface area (Å²) in [5, 5.41) is 4.42. The fraction of sp³-hybridized carbons (Fsp3) is 0.0667. The first-order chi connectivity index (χ1) is 9.70. The number of anilines is 1. The summed E-state index contributed by atoms with van der Waals surface area (Å²) in [4.78, 5) is 17.7. The summed E-state index contributed by atoms with van der Waals surface area (Å²) in [7, 11) is 0. The minimum Gasteiger partial charge on any atom is -0.397 e. The van der Waals surface area contributed by atoms with Crippen LogP contribution in [-0.2, 0) is 0 Å². The highest BCUT2D eigenvalue weighted by Gasteiger charge is 2.17. The lowest BCUT2D eigenvalue weighted by Gasteiger charge is -1.99. The molecular weight excluding hydrogens is 270 g/mol. The second-order valence-corrected chi connectivity index (χ2v) is 5.26. The number of pyridine rings is 1. The van der Waals surface area contributed by atoms with E-state index in [4.69, 9.17) is 12.2 Å². The van der Waals surface area contributed by atoms with Crippen LogP contribution < -0.4 is 11.1 Å². The molecule has 0 saturated heterocycles. The number of nitrogens with one attached hydrogen (secondary N) is 1. The number of fused-ring (bicyclic) bond motifs is 2. The second kappa shape index (κ2) is 4.83. The minimum atomic E-state index is -0.257. The van der Waals surface area contributed by atoms with Crippen LogP contribution in [0.1, 0.15) is 9.67 Å². The van der Waals surface area contributed by atoms with Crippen LogP contribution >= 0.6 is 11.3 Å². The average molecular weight is 281 g/mol. The number of amides is 1. The van der Waals surface area contributed by atoms with Crippen molar-refractivity contribution in [3.05, 3.63) is 35.2 Å². The Hall–Kier alpha value is -2.58. The molecule has 0 atom stereocenters. The number of aromatic nitrogens is 1. The fourth-order valence-electron chi connectivity index (χ4n) is 2.02. The maximum absolute atomic E-state index is 12.0. The molecular formula is C15H11N3OS. The van der Waals surface area contributed by atoms with E-state index in [-0.39, 0.29) is 12.5 Å². The Morgan fingerprint density at radius 1 is 1.45 bits per heavy atom. The van der Waals surface area contributed by atoms with Gasteiger partial charge in [0.2, 0.25) is 0 Å². The summed E-state index contributed by atoms with van der Waals surface area (Å²) in [5.74, 6) is 2.11. The summed E-state index contributed by atoms with van der Waals surface area (Å²) in [6.45, 7) is 0.182. The number of nitrogens with zero attached hydrogens (tertiary/aromatic N) is 1. The van der Waals surface area contributed by atoms with Crippen molar-refractivity contribution in [3.63, 3.8) is 0 Å². The van der Waals surface area contributed by atoms with E-state index in [2.05, 4.69) is 16.2 Å². The molecule has 5 heteroatoms. The van der Waals surface area contributed by atoms with Crippen molar-refractivity contribution in [1.82, 2.24) is 10.3 Å². The lowest BCUT2D eigenvalue weighted by Crippen LogP contribution is -2.23. The normalized spacial score (nSPS) is 10.6. The number of nitrogen functional groups attached to an aromatic ring is 1. The quantitative estimate of drug-likeness (QED) is 0.709. The van der Waals surface area contributed by atoms with Crippen LogP contribution in [0.4, 0.5) is 5.69 Å². The van der Waals surface area contributed by atoms with Gasteiger partial charge in [-0.2, -0.15) is 0 Å². The highest BCUT2D eigenvalue weighted by atomic mass is 32.1. The Morgan fingerprint density at radius 2 is 2.25 bits per heavy atom. The molecule has 0 aliphatic heterocycles. The number of terminal acetylenes is 1. The highest BCUT2D eigenvalue weighted by molar-refractivity contribution is 7.21. The zero-order valence-electron chi connectivity index (χ0n) is 10.5. The second-order valence-electron chi connectivity index (χ2n) is 4.27. The van der Waals surface area contributed by atoms with E-state index >= 15 is 0 Å². The van der Waals surface area contributed by atoms with Crippen molar-refractivity contribution >= 4 is 44.1 Å². The summed E-state index contributed by atoms with van der Waals surface area (Å²) < 4.78 is 0. The van der Waals surface area contributed by atoms with Crippen molar-refractivity contribution in [2.45, 2.75) is 0 Å². The Bertz CT molecular complexity index is 861. The van der Waals surface area contributed by atoms with Crippen LogP contribution in [-0.4, -0.2) is 17.4 Å². The molecule has 0 unspecified atom stereocenters. The molecule has 1 aromatic carbocycles. The van der Waals surface area contributed by atoms with Gasteiger partial charge in [0.05, 0.1) is 17.7 Å². The number of benzene rings is 1. The van der Waals surface area contributed by atoms with Crippen molar-refractivity contribution in [2.75, 3.05) is 12.3 Å². The van der Waals surface area contributed by atoms with Gasteiger partial charge in [0, 0.05) is 10.8 Å². The molecule has 1 amide bonds. The number of nitrogens with two attached hydrogens (primary N) is 1. The Balaban J connectivity index is 2.16. The van der Waals surface area contributed by atoms with Gasteiger partial charge in [-0.1, -0.05) is 24.1 Å². The Kier molecular flexibility index (Phi) is 3.01. The van der Waals surface area contributed by atoms with Crippen LogP contribution in [0, 0.1) is 12.3 Å². The topological polar surface area (TPSA) is 68.0 Å². The molecule has 20 heavy (non-hydrogen) atoms. The van der Waals surface area contributed by atoms with Crippen molar-refractivity contribution in [3.8, 4) is 12.3 Å². The SMILES string of the molecule is C#CCNC(=O)c1sc2nc3ccccc3cc2c1N. The molecule has 0 aliphatic carbocycles. The number of carbonyl (C=O) groups is 1. The third kappa shape index (κ3) is 1.96. The Morgan fingerprint density at radius 3 is 3.05 bits per heavy atom. The van der Waals surface area contributed by atoms with Gasteiger partial charge in [0.1, 0.15) is 9.71 Å². The molecule has 3 aromatic rings. The van der Waals surface area contributed by atoms with Gasteiger partial charge in [-0.25, -0.2) is 4.98 Å². The smallest absolute Gasteiger partial charge is 0.264 e. The lowest BCUT2D eigenvalue weighted by molar-refractivity contribution is 0.0963. The number of hydrogen-bond acceptors (Lipinski definition) is 4. The van der Waals surface area contributed by atoms with Gasteiger partial charge in [-0.05, 0) is 12.1 Å². The zero-order valence-corrected chi connectivity index (χ0v) is 11.3. The van der Waals surface area contributed by atoms with Gasteiger partial charge < -0.3 is 11.1 Å². The van der Waals surface area contributed by atoms with Gasteiger partial charge in [-0.15, -0.1) is 17.8 Å². The first-order valence-corrected chi connectivity index (χ1v) is 6.82. The van der Waals surface area contributed by atoms with E-state index < -0.39 is 0 Å². The van der Waals surface area contributed by atoms with Gasteiger partial charge >= 0.3 is 0 Å². The number of carbonyl (C=O) groups excluding carboxylic acids is 1. The molecule has 4 nitrogen and oxygen atoms in total. The molecule has 98 valence electrons. The molecule has 0 radical (unpaired) electrons. The summed E-state index contributed by atoms with van der Waals surface area (Å²) >= 11 is 1.28. The van der Waals surface area contributed by atoms with Crippen molar-refractivity contribution in [1.29, 1.82) is 0 Å². The van der Waals surface area contributed by atoms with Crippen molar-refractivity contribution < 1.29 is 4.79 Å². The molecule has 0 aliphatic rings. The number of hydrogen-bond donors (Lipinski definition) is 2. The van der Waals surface area contributed by atoms with E-state index in [1.54, 1.807) is 0 Å². The largest absolute Gasteiger partial charge is 0.397 e. The molecule has 2 aromatic heterocycles. The maximum Gasteiger partial charge on any atom is 0.264 e. The predicted molar refractivity (Wildman–Crippen MR) is 82.7 cm³/mol. The first-order valence-electron chi connectivity index (χ1n) is 6.00. The predicted octanol–water partition coefficient (Wildman–Crippen LogP) is 2.39. The average Bonchev–Trinajstić information content (AvgIpc) is 2.79. The van der Waals surface area contributed by atoms with Crippen LogP contribution in [0.5, 0.6) is 0 Å². The standard InChI is InChI=1S/C15H11N3OS/c1-2-7-17-14(19)13-12(16)10-8-9-5-3-4-6-11(9)18-15(10)20-13/h1,3-6,8H,7,16H2,(H,17,19). The third-order valence-electron chi connectivity index (χ3n) is 2.98. The molecule has 0 bridgehead atoms. The third-order valence-corrected chi connectivity index (χ3v) is 4.09. The summed E-state index contributed by atoms with van der Waals surface area (Å²) in [6, 6.07) is 9.73. The monoisotopic (exact) mass is 281 g/mol. The van der Waals surface area contributed by atoms with Crippen molar-refractivity contribution in [2.24, 2.45) is 0 Å². The van der Waals surface area contributed by atoms with E-state index in [1.165, 1.54) is 11.3 Å². The zero-order chi connectivity index (χ0) is 14.1. The van der Waals surface area contributed by atoms with E-state index in [0.29, 0.717) is 10.6 Å². The molecule has 0 fully saturated rings. The summed E-state index contributed by atoms with van der Waals surface area (Å²) in [5.41, 5.74) is 7.40. The fourth-order valence-corrected chi connectivity index (χ4v) is 3.02. The maximum atomic E-state index is 12.0. The molecule has 0 spiro atoms. The van der Waals surface area contributed by atoms with Gasteiger partial charge in [0.25, 0.3) is 5.91 Å². The van der Waals surface area contributed by atoms with Crippen LogP contribution in [0.2, 0.25) is 0 Å². The highest BCUT2D eigenvalue weighted by Crippen LogP contribution is 2.34. The van der Waals surface area contributed by atoms with Gasteiger partial charge in [-0.3, -0.25) is 4.79 Å². The van der Waals surface area contributed by atoms with E-state index in [0.717, 1.165) is 21.1 Å². The van der Waals surface area contributed by atoms with Crippen LogP contribution in [0.3, 0.4) is 0 Å². The van der Waals surface area contributed by atoms with Gasteiger partial charge in [0.15, 0.2) is 0 Å². The number of thiophene rings is 1. The lowest BCUT2D eigenvalue weighted by atomic mass is 10.1. The van der Waals surface area contributed by atoms with Crippen LogP contribution in [0.15, 0.2) is 30.3 Å². The summed E-state index contributed by atoms with van der Waals surface area (Å²) in [6.07, 6.45) is 5.13.